The Bertz CT molecular complexity index is 1080. The maximum absolute atomic E-state index is 13.1. The molecule has 28 heavy (non-hydrogen) atoms. The number of imide groups is 2. The summed E-state index contributed by atoms with van der Waals surface area (Å²) in [6.45, 7) is -0.589. The summed E-state index contributed by atoms with van der Waals surface area (Å²) in [5.74, 6) is -3.47. The lowest BCUT2D eigenvalue weighted by molar-refractivity contribution is -0.139. The molecular formula is C19H14N2O7. The fraction of sp³-hybridized carbons (Fsp3) is 0.211. The highest BCUT2D eigenvalue weighted by Crippen LogP contribution is 2.35. The molecule has 9 nitrogen and oxygen atoms in total. The SMILES string of the molecule is O=C(O)COc1cc2c3c(cccc3c1)C(=O)N(C1CCC(=O)NC1=O)C2=O. The molecule has 4 rings (SSSR count). The van der Waals surface area contributed by atoms with E-state index in [1.165, 1.54) is 6.07 Å². The first kappa shape index (κ1) is 17.7. The van der Waals surface area contributed by atoms with Crippen LogP contribution in [0.4, 0.5) is 0 Å². The summed E-state index contributed by atoms with van der Waals surface area (Å²) in [5, 5.41) is 11.9. The van der Waals surface area contributed by atoms with E-state index in [4.69, 9.17) is 9.84 Å². The summed E-state index contributed by atoms with van der Waals surface area (Å²) < 4.78 is 5.19. The number of piperidine rings is 1. The number of carbonyl (C=O) groups is 5. The normalized spacial score (nSPS) is 19.0. The van der Waals surface area contributed by atoms with E-state index in [0.29, 0.717) is 10.8 Å². The summed E-state index contributed by atoms with van der Waals surface area (Å²) in [5.41, 5.74) is 0.388. The summed E-state index contributed by atoms with van der Waals surface area (Å²) >= 11 is 0. The van der Waals surface area contributed by atoms with Gasteiger partial charge in [-0.15, -0.1) is 0 Å². The highest BCUT2D eigenvalue weighted by atomic mass is 16.5. The van der Waals surface area contributed by atoms with Crippen LogP contribution in [0.2, 0.25) is 0 Å². The number of benzene rings is 2. The van der Waals surface area contributed by atoms with E-state index in [2.05, 4.69) is 5.32 Å². The highest BCUT2D eigenvalue weighted by molar-refractivity contribution is 6.27. The molecule has 2 aliphatic rings. The lowest BCUT2D eigenvalue weighted by atomic mass is 9.91. The van der Waals surface area contributed by atoms with Gasteiger partial charge in [-0.1, -0.05) is 12.1 Å². The van der Waals surface area contributed by atoms with Crippen molar-refractivity contribution in [2.45, 2.75) is 18.9 Å². The third kappa shape index (κ3) is 2.77. The number of hydrogen-bond donors (Lipinski definition) is 2. The Hall–Kier alpha value is -3.75. The Morgan fingerprint density at radius 2 is 1.89 bits per heavy atom. The average Bonchev–Trinajstić information content (AvgIpc) is 2.65. The minimum Gasteiger partial charge on any atom is -0.482 e. The van der Waals surface area contributed by atoms with Gasteiger partial charge in [0, 0.05) is 17.4 Å². The van der Waals surface area contributed by atoms with Gasteiger partial charge in [0.15, 0.2) is 6.61 Å². The van der Waals surface area contributed by atoms with E-state index in [0.717, 1.165) is 4.90 Å². The number of carboxylic acids is 1. The van der Waals surface area contributed by atoms with Crippen LogP contribution in [-0.2, 0) is 14.4 Å². The zero-order chi connectivity index (χ0) is 20.0. The highest BCUT2D eigenvalue weighted by Gasteiger charge is 2.42. The van der Waals surface area contributed by atoms with Gasteiger partial charge in [-0.2, -0.15) is 0 Å². The molecule has 2 aromatic carbocycles. The molecule has 1 saturated heterocycles. The molecule has 2 aromatic rings. The second-order valence-electron chi connectivity index (χ2n) is 6.50. The van der Waals surface area contributed by atoms with Crippen LogP contribution >= 0.6 is 0 Å². The number of nitrogens with zero attached hydrogens (tertiary/aromatic N) is 1. The van der Waals surface area contributed by atoms with Gasteiger partial charge >= 0.3 is 5.97 Å². The number of aliphatic carboxylic acids is 1. The van der Waals surface area contributed by atoms with Gasteiger partial charge in [0.1, 0.15) is 11.8 Å². The van der Waals surface area contributed by atoms with Crippen LogP contribution < -0.4 is 10.1 Å². The van der Waals surface area contributed by atoms with Crippen LogP contribution in [0.3, 0.4) is 0 Å². The van der Waals surface area contributed by atoms with Crippen LogP contribution in [0.25, 0.3) is 10.8 Å². The van der Waals surface area contributed by atoms with Crippen LogP contribution in [0.15, 0.2) is 30.3 Å². The lowest BCUT2D eigenvalue weighted by Gasteiger charge is -2.34. The van der Waals surface area contributed by atoms with Gasteiger partial charge < -0.3 is 9.84 Å². The zero-order valence-corrected chi connectivity index (χ0v) is 14.4. The van der Waals surface area contributed by atoms with Crippen molar-refractivity contribution in [3.05, 3.63) is 41.5 Å². The molecule has 0 saturated carbocycles. The summed E-state index contributed by atoms with van der Waals surface area (Å²) in [6, 6.07) is 6.68. The molecule has 4 amide bonds. The molecule has 142 valence electrons. The first-order valence-corrected chi connectivity index (χ1v) is 8.50. The minimum absolute atomic E-state index is 0.0201. The largest absolute Gasteiger partial charge is 0.482 e. The Morgan fingerprint density at radius 1 is 1.14 bits per heavy atom. The predicted octanol–water partition coefficient (Wildman–Crippen LogP) is 0.704. The van der Waals surface area contributed by atoms with E-state index >= 15 is 0 Å². The van der Waals surface area contributed by atoms with Crippen LogP contribution in [0.1, 0.15) is 33.6 Å². The van der Waals surface area contributed by atoms with E-state index in [-0.39, 0.29) is 29.7 Å². The second-order valence-corrected chi connectivity index (χ2v) is 6.50. The topological polar surface area (TPSA) is 130 Å². The number of ether oxygens (including phenoxy) is 1. The Balaban J connectivity index is 1.81. The molecule has 2 aliphatic heterocycles. The Labute approximate surface area is 157 Å². The van der Waals surface area contributed by atoms with E-state index < -0.39 is 42.2 Å². The zero-order valence-electron chi connectivity index (χ0n) is 14.4. The third-order valence-electron chi connectivity index (χ3n) is 4.73. The number of carbonyl (C=O) groups excluding carboxylic acids is 4. The van der Waals surface area contributed by atoms with E-state index in [1.54, 1.807) is 24.3 Å². The molecule has 0 spiro atoms. The fourth-order valence-corrected chi connectivity index (χ4v) is 3.54. The van der Waals surface area contributed by atoms with Crippen molar-refractivity contribution in [3.8, 4) is 5.75 Å². The smallest absolute Gasteiger partial charge is 0.341 e. The molecule has 9 heteroatoms. The first-order chi connectivity index (χ1) is 13.4. The quantitative estimate of drug-likeness (QED) is 0.745. The van der Waals surface area contributed by atoms with Crippen molar-refractivity contribution < 1.29 is 33.8 Å². The molecule has 2 N–H and O–H groups in total. The van der Waals surface area contributed by atoms with Crippen LogP contribution in [0.5, 0.6) is 5.75 Å². The van der Waals surface area contributed by atoms with Gasteiger partial charge in [-0.3, -0.25) is 29.4 Å². The fourth-order valence-electron chi connectivity index (χ4n) is 3.54. The van der Waals surface area contributed by atoms with E-state index in [1.807, 2.05) is 0 Å². The van der Waals surface area contributed by atoms with Gasteiger partial charge in [0.25, 0.3) is 11.8 Å². The van der Waals surface area contributed by atoms with Crippen molar-refractivity contribution in [2.24, 2.45) is 0 Å². The van der Waals surface area contributed by atoms with Crippen LogP contribution in [0, 0.1) is 0 Å². The molecule has 0 radical (unpaired) electrons. The van der Waals surface area contributed by atoms with Gasteiger partial charge in [0.05, 0.1) is 5.56 Å². The maximum Gasteiger partial charge on any atom is 0.341 e. The molecule has 0 bridgehead atoms. The number of hydrogen-bond acceptors (Lipinski definition) is 6. The molecule has 1 unspecified atom stereocenters. The molecule has 0 aliphatic carbocycles. The molecular weight excluding hydrogens is 368 g/mol. The number of rotatable bonds is 4. The van der Waals surface area contributed by atoms with Crippen molar-refractivity contribution in [3.63, 3.8) is 0 Å². The number of nitrogens with one attached hydrogen (secondary N) is 1. The molecule has 1 fully saturated rings. The lowest BCUT2D eigenvalue weighted by Crippen LogP contribution is -2.57. The number of carboxylic acid groups (broad SMARTS) is 1. The summed E-state index contributed by atoms with van der Waals surface area (Å²) in [7, 11) is 0. The molecule has 1 atom stereocenters. The van der Waals surface area contributed by atoms with Crippen molar-refractivity contribution >= 4 is 40.4 Å². The molecule has 2 heterocycles. The van der Waals surface area contributed by atoms with Gasteiger partial charge in [-0.25, -0.2) is 4.79 Å². The summed E-state index contributed by atoms with van der Waals surface area (Å²) in [4.78, 5) is 61.3. The second kappa shape index (κ2) is 6.45. The predicted molar refractivity (Wildman–Crippen MR) is 93.8 cm³/mol. The number of amides is 4. The Kier molecular flexibility index (Phi) is 4.07. The standard InChI is InChI=1S/C19H14N2O7/c22-14-5-4-13(17(25)20-14)21-18(26)11-3-1-2-9-6-10(28-8-15(23)24)7-12(16(9)11)19(21)27/h1-3,6-7,13H,4-5,8H2,(H,23,24)(H,20,22,25). The van der Waals surface area contributed by atoms with Crippen molar-refractivity contribution in [1.29, 1.82) is 0 Å². The first-order valence-electron chi connectivity index (χ1n) is 8.50. The third-order valence-corrected chi connectivity index (χ3v) is 4.73. The average molecular weight is 382 g/mol. The Morgan fingerprint density at radius 3 is 2.61 bits per heavy atom. The van der Waals surface area contributed by atoms with Crippen molar-refractivity contribution in [1.82, 2.24) is 10.2 Å². The maximum atomic E-state index is 13.1. The minimum atomic E-state index is -1.17. The molecule has 0 aromatic heterocycles. The van der Waals surface area contributed by atoms with Crippen LogP contribution in [-0.4, -0.2) is 52.3 Å². The van der Waals surface area contributed by atoms with Gasteiger partial charge in [-0.05, 0) is 30.0 Å². The van der Waals surface area contributed by atoms with Gasteiger partial charge in [0.2, 0.25) is 11.8 Å². The van der Waals surface area contributed by atoms with Crippen molar-refractivity contribution in [2.75, 3.05) is 6.61 Å². The summed E-state index contributed by atoms with van der Waals surface area (Å²) in [6.07, 6.45) is 0.0644. The van der Waals surface area contributed by atoms with E-state index in [9.17, 15) is 24.0 Å². The monoisotopic (exact) mass is 382 g/mol.